The van der Waals surface area contributed by atoms with E-state index in [0.717, 1.165) is 0 Å². The maximum absolute atomic E-state index is 10.1. The van der Waals surface area contributed by atoms with Gasteiger partial charge in [0.25, 0.3) is 0 Å². The Kier molecular flexibility index (Phi) is 2.89. The number of hydrogen-bond donors (Lipinski definition) is 4. The van der Waals surface area contributed by atoms with Crippen molar-refractivity contribution in [2.75, 3.05) is 5.73 Å². The van der Waals surface area contributed by atoms with E-state index in [-0.39, 0.29) is 11.5 Å². The van der Waals surface area contributed by atoms with Crippen LogP contribution in [-0.4, -0.2) is 15.3 Å². The van der Waals surface area contributed by atoms with E-state index in [1.807, 2.05) is 0 Å². The van der Waals surface area contributed by atoms with Gasteiger partial charge in [-0.05, 0) is 35.9 Å². The number of anilines is 1. The van der Waals surface area contributed by atoms with Crippen molar-refractivity contribution in [3.8, 4) is 11.5 Å². The lowest BCUT2D eigenvalue weighted by Gasteiger charge is -2.14. The second-order valence-electron chi connectivity index (χ2n) is 3.81. The molecular weight excluding hydrogens is 218 g/mol. The standard InChI is InChI=1S/C13H13NO3/c14-12-5-4-10(16)7-11(12)13(17)8-2-1-3-9(15)6-8/h1-7,13,15-17H,14H2. The molecule has 2 aromatic rings. The van der Waals surface area contributed by atoms with Gasteiger partial charge in [-0.2, -0.15) is 0 Å². The molecule has 0 fully saturated rings. The molecule has 1 atom stereocenters. The maximum Gasteiger partial charge on any atom is 0.116 e. The summed E-state index contributed by atoms with van der Waals surface area (Å²) in [5.74, 6) is 0.105. The largest absolute Gasteiger partial charge is 0.508 e. The molecule has 0 aliphatic rings. The van der Waals surface area contributed by atoms with E-state index in [4.69, 9.17) is 5.73 Å². The number of rotatable bonds is 2. The highest BCUT2D eigenvalue weighted by Gasteiger charge is 2.14. The molecule has 88 valence electrons. The Morgan fingerprint density at radius 1 is 0.941 bits per heavy atom. The van der Waals surface area contributed by atoms with Crippen LogP contribution in [0.5, 0.6) is 11.5 Å². The Bertz CT molecular complexity index is 540. The fourth-order valence-corrected chi connectivity index (χ4v) is 1.67. The average molecular weight is 231 g/mol. The Balaban J connectivity index is 2.43. The van der Waals surface area contributed by atoms with Gasteiger partial charge < -0.3 is 21.1 Å². The molecule has 1 unspecified atom stereocenters. The summed E-state index contributed by atoms with van der Waals surface area (Å²) in [6, 6.07) is 10.7. The van der Waals surface area contributed by atoms with Gasteiger partial charge in [0.2, 0.25) is 0 Å². The highest BCUT2D eigenvalue weighted by Crippen LogP contribution is 2.30. The number of nitrogen functional groups attached to an aromatic ring is 1. The molecule has 0 heterocycles. The van der Waals surface area contributed by atoms with Crippen LogP contribution in [0.15, 0.2) is 42.5 Å². The smallest absolute Gasteiger partial charge is 0.116 e. The van der Waals surface area contributed by atoms with Crippen LogP contribution in [-0.2, 0) is 0 Å². The summed E-state index contributed by atoms with van der Waals surface area (Å²) in [7, 11) is 0. The number of aliphatic hydroxyl groups is 1. The van der Waals surface area contributed by atoms with Gasteiger partial charge in [0.05, 0.1) is 0 Å². The second-order valence-corrected chi connectivity index (χ2v) is 3.81. The molecule has 0 saturated carbocycles. The molecule has 0 radical (unpaired) electrons. The van der Waals surface area contributed by atoms with Gasteiger partial charge in [-0.3, -0.25) is 0 Å². The van der Waals surface area contributed by atoms with Crippen molar-refractivity contribution < 1.29 is 15.3 Å². The van der Waals surface area contributed by atoms with E-state index in [0.29, 0.717) is 16.8 Å². The lowest BCUT2D eigenvalue weighted by Crippen LogP contribution is -2.03. The first-order valence-corrected chi connectivity index (χ1v) is 5.13. The maximum atomic E-state index is 10.1. The summed E-state index contributed by atoms with van der Waals surface area (Å²) in [6.07, 6.45) is -0.978. The van der Waals surface area contributed by atoms with Crippen LogP contribution in [0.3, 0.4) is 0 Å². The first kappa shape index (κ1) is 11.3. The van der Waals surface area contributed by atoms with Gasteiger partial charge in [0.1, 0.15) is 17.6 Å². The molecule has 17 heavy (non-hydrogen) atoms. The first-order valence-electron chi connectivity index (χ1n) is 5.13. The lowest BCUT2D eigenvalue weighted by molar-refractivity contribution is 0.220. The first-order chi connectivity index (χ1) is 8.08. The van der Waals surface area contributed by atoms with E-state index in [1.54, 1.807) is 12.1 Å². The quantitative estimate of drug-likeness (QED) is 0.468. The molecule has 0 aromatic heterocycles. The number of benzene rings is 2. The Morgan fingerprint density at radius 2 is 1.65 bits per heavy atom. The van der Waals surface area contributed by atoms with Crippen LogP contribution < -0.4 is 5.73 Å². The number of phenols is 2. The molecule has 4 nitrogen and oxygen atoms in total. The molecule has 0 saturated heterocycles. The molecule has 5 N–H and O–H groups in total. The zero-order valence-corrected chi connectivity index (χ0v) is 9.04. The summed E-state index contributed by atoms with van der Waals surface area (Å²) >= 11 is 0. The van der Waals surface area contributed by atoms with Crippen molar-refractivity contribution in [3.05, 3.63) is 53.6 Å². The lowest BCUT2D eigenvalue weighted by atomic mass is 9.99. The molecule has 2 aromatic carbocycles. The van der Waals surface area contributed by atoms with E-state index in [9.17, 15) is 15.3 Å². The second kappa shape index (κ2) is 4.35. The van der Waals surface area contributed by atoms with Crippen molar-refractivity contribution in [1.29, 1.82) is 0 Å². The molecule has 0 aliphatic heterocycles. The van der Waals surface area contributed by atoms with Gasteiger partial charge in [-0.25, -0.2) is 0 Å². The summed E-state index contributed by atoms with van der Waals surface area (Å²) in [4.78, 5) is 0. The predicted molar refractivity (Wildman–Crippen MR) is 64.7 cm³/mol. The molecule has 2 rings (SSSR count). The topological polar surface area (TPSA) is 86.7 Å². The van der Waals surface area contributed by atoms with Crippen molar-refractivity contribution in [2.45, 2.75) is 6.10 Å². The zero-order valence-electron chi connectivity index (χ0n) is 9.04. The average Bonchev–Trinajstić information content (AvgIpc) is 2.31. The highest BCUT2D eigenvalue weighted by atomic mass is 16.3. The van der Waals surface area contributed by atoms with Gasteiger partial charge in [-0.1, -0.05) is 12.1 Å². The molecule has 0 amide bonds. The van der Waals surface area contributed by atoms with Crippen LogP contribution in [0.25, 0.3) is 0 Å². The number of phenolic OH excluding ortho intramolecular Hbond substituents is 2. The van der Waals surface area contributed by atoms with Crippen molar-refractivity contribution in [1.82, 2.24) is 0 Å². The van der Waals surface area contributed by atoms with Crippen LogP contribution in [0.4, 0.5) is 5.69 Å². The van der Waals surface area contributed by atoms with Crippen LogP contribution >= 0.6 is 0 Å². The third-order valence-corrected chi connectivity index (χ3v) is 2.55. The number of aromatic hydroxyl groups is 2. The van der Waals surface area contributed by atoms with Gasteiger partial charge >= 0.3 is 0 Å². The van der Waals surface area contributed by atoms with Gasteiger partial charge in [-0.15, -0.1) is 0 Å². The third-order valence-electron chi connectivity index (χ3n) is 2.55. The monoisotopic (exact) mass is 231 g/mol. The number of aliphatic hydroxyl groups excluding tert-OH is 1. The van der Waals surface area contributed by atoms with E-state index < -0.39 is 6.10 Å². The third kappa shape index (κ3) is 2.32. The van der Waals surface area contributed by atoms with E-state index in [1.165, 1.54) is 30.3 Å². The minimum absolute atomic E-state index is 0.0356. The van der Waals surface area contributed by atoms with E-state index in [2.05, 4.69) is 0 Å². The fraction of sp³-hybridized carbons (Fsp3) is 0.0769. The summed E-state index contributed by atoms with van der Waals surface area (Å²) < 4.78 is 0. The van der Waals surface area contributed by atoms with E-state index >= 15 is 0 Å². The fourth-order valence-electron chi connectivity index (χ4n) is 1.67. The summed E-state index contributed by atoms with van der Waals surface area (Å²) in [5, 5.41) is 28.8. The van der Waals surface area contributed by atoms with Crippen LogP contribution in [0, 0.1) is 0 Å². The molecule has 0 aliphatic carbocycles. The highest BCUT2D eigenvalue weighted by molar-refractivity contribution is 5.53. The molecular formula is C13H13NO3. The van der Waals surface area contributed by atoms with Crippen molar-refractivity contribution >= 4 is 5.69 Å². The molecule has 0 bridgehead atoms. The minimum atomic E-state index is -0.978. The molecule has 0 spiro atoms. The summed E-state index contributed by atoms with van der Waals surface area (Å²) in [5.41, 5.74) is 7.05. The van der Waals surface area contributed by atoms with Crippen molar-refractivity contribution in [2.24, 2.45) is 0 Å². The Morgan fingerprint density at radius 3 is 2.35 bits per heavy atom. The zero-order chi connectivity index (χ0) is 12.4. The molecule has 4 heteroatoms. The minimum Gasteiger partial charge on any atom is -0.508 e. The summed E-state index contributed by atoms with van der Waals surface area (Å²) in [6.45, 7) is 0. The SMILES string of the molecule is Nc1ccc(O)cc1C(O)c1cccc(O)c1. The van der Waals surface area contributed by atoms with Crippen molar-refractivity contribution in [3.63, 3.8) is 0 Å². The van der Waals surface area contributed by atoms with Gasteiger partial charge in [0, 0.05) is 11.3 Å². The number of hydrogen-bond acceptors (Lipinski definition) is 4. The number of nitrogens with two attached hydrogens (primary N) is 1. The Hall–Kier alpha value is -2.20. The normalized spacial score (nSPS) is 12.3. The Labute approximate surface area is 98.6 Å². The van der Waals surface area contributed by atoms with Crippen LogP contribution in [0.2, 0.25) is 0 Å². The van der Waals surface area contributed by atoms with Gasteiger partial charge in [0.15, 0.2) is 0 Å². The predicted octanol–water partition coefficient (Wildman–Crippen LogP) is 1.76. The van der Waals surface area contributed by atoms with Crippen LogP contribution in [0.1, 0.15) is 17.2 Å².